The molecule has 136 valence electrons. The number of thioether (sulfide) groups is 1. The average molecular weight is 389 g/mol. The first-order valence-electron chi connectivity index (χ1n) is 8.49. The van der Waals surface area contributed by atoms with Crippen molar-refractivity contribution in [1.82, 2.24) is 0 Å². The van der Waals surface area contributed by atoms with Gasteiger partial charge in [-0.3, -0.25) is 14.5 Å². The summed E-state index contributed by atoms with van der Waals surface area (Å²) in [4.78, 5) is 25.7. The summed E-state index contributed by atoms with van der Waals surface area (Å²) in [6.07, 6.45) is 0. The minimum atomic E-state index is -0.239. The Kier molecular flexibility index (Phi) is 5.89. The molecule has 4 nitrogen and oxygen atoms in total. The van der Waals surface area contributed by atoms with Crippen molar-refractivity contribution in [3.63, 3.8) is 0 Å². The lowest BCUT2D eigenvalue weighted by Crippen LogP contribution is -2.27. The third-order valence-electron chi connectivity index (χ3n) is 4.31. The summed E-state index contributed by atoms with van der Waals surface area (Å²) in [5, 5.41) is 2.65. The molecule has 1 atom stereocenters. The topological polar surface area (TPSA) is 49.4 Å². The maximum absolute atomic E-state index is 12.5. The Morgan fingerprint density at radius 3 is 2.42 bits per heavy atom. The van der Waals surface area contributed by atoms with Crippen LogP contribution in [0.15, 0.2) is 48.5 Å². The zero-order valence-electron chi connectivity index (χ0n) is 14.7. The number of benzene rings is 2. The summed E-state index contributed by atoms with van der Waals surface area (Å²) >= 11 is 7.12. The largest absolute Gasteiger partial charge is 0.325 e. The standard InChI is InChI=1S/C20H21ClN2O2S/c1-13(2)14-5-9-17(10-6-14)23-19(25)12-26-20(23)15-3-7-16(8-4-15)22-18(24)11-21/h3-10,13,20H,11-12H2,1-2H3,(H,22,24). The van der Waals surface area contributed by atoms with Gasteiger partial charge in [0, 0.05) is 11.4 Å². The van der Waals surface area contributed by atoms with Gasteiger partial charge >= 0.3 is 0 Å². The number of alkyl halides is 1. The molecule has 1 heterocycles. The van der Waals surface area contributed by atoms with E-state index in [0.29, 0.717) is 17.4 Å². The molecule has 0 radical (unpaired) electrons. The third kappa shape index (κ3) is 4.05. The van der Waals surface area contributed by atoms with Gasteiger partial charge in [0.2, 0.25) is 11.8 Å². The fourth-order valence-corrected chi connectivity index (χ4v) is 4.14. The van der Waals surface area contributed by atoms with Crippen molar-refractivity contribution in [2.75, 3.05) is 21.8 Å². The van der Waals surface area contributed by atoms with E-state index in [1.54, 1.807) is 11.8 Å². The lowest BCUT2D eigenvalue weighted by atomic mass is 10.0. The molecule has 1 fully saturated rings. The first-order chi connectivity index (χ1) is 12.5. The summed E-state index contributed by atoms with van der Waals surface area (Å²) in [5.74, 6) is 0.712. The number of carbonyl (C=O) groups is 2. The van der Waals surface area contributed by atoms with Crippen molar-refractivity contribution in [3.05, 3.63) is 59.7 Å². The summed E-state index contributed by atoms with van der Waals surface area (Å²) in [6.45, 7) is 4.30. The molecule has 1 saturated heterocycles. The predicted molar refractivity (Wildman–Crippen MR) is 109 cm³/mol. The SMILES string of the molecule is CC(C)c1ccc(N2C(=O)CSC2c2ccc(NC(=O)CCl)cc2)cc1. The number of rotatable bonds is 5. The van der Waals surface area contributed by atoms with Gasteiger partial charge in [0.25, 0.3) is 0 Å². The molecular formula is C20H21ClN2O2S. The zero-order chi connectivity index (χ0) is 18.7. The maximum Gasteiger partial charge on any atom is 0.239 e. The second-order valence-electron chi connectivity index (χ2n) is 6.48. The molecule has 2 amide bonds. The first kappa shape index (κ1) is 18.8. The Bertz CT molecular complexity index is 790. The molecule has 0 saturated carbocycles. The molecule has 26 heavy (non-hydrogen) atoms. The van der Waals surface area contributed by atoms with Gasteiger partial charge in [0.1, 0.15) is 11.3 Å². The van der Waals surface area contributed by atoms with E-state index in [1.165, 1.54) is 5.56 Å². The van der Waals surface area contributed by atoms with Gasteiger partial charge in [0.15, 0.2) is 0 Å². The van der Waals surface area contributed by atoms with E-state index >= 15 is 0 Å². The number of nitrogens with zero attached hydrogens (tertiary/aromatic N) is 1. The van der Waals surface area contributed by atoms with Crippen LogP contribution < -0.4 is 10.2 Å². The predicted octanol–water partition coefficient (Wildman–Crippen LogP) is 4.77. The maximum atomic E-state index is 12.5. The molecule has 1 aliphatic rings. The number of amides is 2. The van der Waals surface area contributed by atoms with E-state index in [2.05, 4.69) is 31.3 Å². The molecule has 1 aliphatic heterocycles. The molecule has 2 aromatic rings. The van der Waals surface area contributed by atoms with E-state index in [0.717, 1.165) is 11.3 Å². The van der Waals surface area contributed by atoms with Gasteiger partial charge < -0.3 is 5.32 Å². The monoisotopic (exact) mass is 388 g/mol. The zero-order valence-corrected chi connectivity index (χ0v) is 16.3. The van der Waals surface area contributed by atoms with Crippen molar-refractivity contribution in [3.8, 4) is 0 Å². The van der Waals surface area contributed by atoms with Crippen LogP contribution in [0.5, 0.6) is 0 Å². The first-order valence-corrected chi connectivity index (χ1v) is 10.1. The van der Waals surface area contributed by atoms with Crippen molar-refractivity contribution < 1.29 is 9.59 Å². The Balaban J connectivity index is 1.82. The Labute approximate surface area is 162 Å². The number of nitrogens with one attached hydrogen (secondary N) is 1. The van der Waals surface area contributed by atoms with Crippen LogP contribution in [-0.4, -0.2) is 23.4 Å². The fourth-order valence-electron chi connectivity index (χ4n) is 2.90. The Morgan fingerprint density at radius 1 is 1.19 bits per heavy atom. The van der Waals surface area contributed by atoms with E-state index in [9.17, 15) is 9.59 Å². The Hall–Kier alpha value is -1.98. The van der Waals surface area contributed by atoms with Crippen molar-refractivity contribution in [2.45, 2.75) is 25.1 Å². The second kappa shape index (κ2) is 8.14. The normalized spacial score (nSPS) is 17.0. The summed E-state index contributed by atoms with van der Waals surface area (Å²) < 4.78 is 0. The highest BCUT2D eigenvalue weighted by atomic mass is 35.5. The summed E-state index contributed by atoms with van der Waals surface area (Å²) in [5.41, 5.74) is 3.89. The number of halogens is 1. The van der Waals surface area contributed by atoms with Gasteiger partial charge in [0.05, 0.1) is 5.75 Å². The van der Waals surface area contributed by atoms with Gasteiger partial charge in [-0.25, -0.2) is 0 Å². The molecule has 0 bridgehead atoms. The van der Waals surface area contributed by atoms with Crippen LogP contribution in [0.3, 0.4) is 0 Å². The highest BCUT2D eigenvalue weighted by Gasteiger charge is 2.34. The van der Waals surface area contributed by atoms with Crippen molar-refractivity contribution >= 4 is 46.6 Å². The number of hydrogen-bond donors (Lipinski definition) is 1. The molecule has 2 aromatic carbocycles. The average Bonchev–Trinajstić information content (AvgIpc) is 3.03. The van der Waals surface area contributed by atoms with Crippen LogP contribution >= 0.6 is 23.4 Å². The quantitative estimate of drug-likeness (QED) is 0.751. The van der Waals surface area contributed by atoms with Crippen molar-refractivity contribution in [2.24, 2.45) is 0 Å². The highest BCUT2D eigenvalue weighted by Crippen LogP contribution is 2.42. The molecule has 3 rings (SSSR count). The number of anilines is 2. The molecule has 0 spiro atoms. The molecule has 6 heteroatoms. The number of hydrogen-bond acceptors (Lipinski definition) is 3. The lowest BCUT2D eigenvalue weighted by molar-refractivity contribution is -0.116. The van der Waals surface area contributed by atoms with Crippen LogP contribution in [0.1, 0.15) is 36.3 Å². The van der Waals surface area contributed by atoms with Crippen LogP contribution in [0.4, 0.5) is 11.4 Å². The van der Waals surface area contributed by atoms with Crippen LogP contribution in [0.25, 0.3) is 0 Å². The van der Waals surface area contributed by atoms with Gasteiger partial charge in [-0.15, -0.1) is 23.4 Å². The van der Waals surface area contributed by atoms with Gasteiger partial charge in [-0.2, -0.15) is 0 Å². The molecule has 0 aromatic heterocycles. The van der Waals surface area contributed by atoms with Crippen LogP contribution in [-0.2, 0) is 9.59 Å². The van der Waals surface area contributed by atoms with Gasteiger partial charge in [-0.1, -0.05) is 38.1 Å². The highest BCUT2D eigenvalue weighted by molar-refractivity contribution is 8.00. The van der Waals surface area contributed by atoms with E-state index in [4.69, 9.17) is 11.6 Å². The Morgan fingerprint density at radius 2 is 1.85 bits per heavy atom. The van der Waals surface area contributed by atoms with Crippen molar-refractivity contribution in [1.29, 1.82) is 0 Å². The van der Waals surface area contributed by atoms with E-state index in [-0.39, 0.29) is 23.1 Å². The summed E-state index contributed by atoms with van der Waals surface area (Å²) in [6, 6.07) is 15.7. The van der Waals surface area contributed by atoms with Crippen LogP contribution in [0, 0.1) is 0 Å². The molecule has 1 N–H and O–H groups in total. The second-order valence-corrected chi connectivity index (χ2v) is 7.81. The van der Waals surface area contributed by atoms with E-state index in [1.807, 2.05) is 41.3 Å². The lowest BCUT2D eigenvalue weighted by Gasteiger charge is -2.25. The number of carbonyl (C=O) groups excluding carboxylic acids is 2. The fraction of sp³-hybridized carbons (Fsp3) is 0.300. The molecule has 1 unspecified atom stereocenters. The van der Waals surface area contributed by atoms with E-state index < -0.39 is 0 Å². The van der Waals surface area contributed by atoms with Crippen LogP contribution in [0.2, 0.25) is 0 Å². The minimum absolute atomic E-state index is 0.0646. The van der Waals surface area contributed by atoms with Gasteiger partial charge in [-0.05, 0) is 41.3 Å². The molecule has 0 aliphatic carbocycles. The molecular weight excluding hydrogens is 368 g/mol. The minimum Gasteiger partial charge on any atom is -0.325 e. The summed E-state index contributed by atoms with van der Waals surface area (Å²) in [7, 11) is 0. The smallest absolute Gasteiger partial charge is 0.239 e. The third-order valence-corrected chi connectivity index (χ3v) is 5.76.